The van der Waals surface area contributed by atoms with Gasteiger partial charge in [-0.15, -0.1) is 24.0 Å². The van der Waals surface area contributed by atoms with E-state index in [4.69, 9.17) is 9.47 Å². The summed E-state index contributed by atoms with van der Waals surface area (Å²) in [6.07, 6.45) is 3.56. The van der Waals surface area contributed by atoms with Crippen LogP contribution in [0.1, 0.15) is 30.4 Å². The number of methoxy groups -OCH3 is 1. The fraction of sp³-hybridized carbons (Fsp3) is 0.632. The summed E-state index contributed by atoms with van der Waals surface area (Å²) in [6.45, 7) is 5.64. The van der Waals surface area contributed by atoms with E-state index < -0.39 is 0 Å². The maximum Gasteiger partial charge on any atom is 0.193 e. The third-order valence-electron chi connectivity index (χ3n) is 4.71. The van der Waals surface area contributed by atoms with Crippen LogP contribution in [0.4, 0.5) is 0 Å². The summed E-state index contributed by atoms with van der Waals surface area (Å²) in [7, 11) is 5.65. The van der Waals surface area contributed by atoms with Gasteiger partial charge in [0.15, 0.2) is 5.96 Å². The summed E-state index contributed by atoms with van der Waals surface area (Å²) in [5.41, 5.74) is 2.34. The van der Waals surface area contributed by atoms with Crippen molar-refractivity contribution in [2.24, 2.45) is 10.9 Å². The number of benzene rings is 1. The quantitative estimate of drug-likeness (QED) is 0.401. The predicted molar refractivity (Wildman–Crippen MR) is 114 cm³/mol. The van der Waals surface area contributed by atoms with E-state index in [0.29, 0.717) is 0 Å². The molecule has 0 amide bonds. The summed E-state index contributed by atoms with van der Waals surface area (Å²) in [5.74, 6) is 2.64. The van der Waals surface area contributed by atoms with E-state index in [2.05, 4.69) is 47.4 Å². The Balaban J connectivity index is 0.00000312. The standard InChI is InChI=1S/C19H31N3O2.HI/c1-15-5-6-17(13-18(15)23-4)14-21-19(20-2)22(3)10-7-16-8-11-24-12-9-16;/h5-6,13,16H,7-12,14H2,1-4H3,(H,20,21);1H. The molecule has 1 aromatic carbocycles. The van der Waals surface area contributed by atoms with Gasteiger partial charge in [0.25, 0.3) is 0 Å². The summed E-state index contributed by atoms with van der Waals surface area (Å²) < 4.78 is 10.8. The molecule has 2 rings (SSSR count). The second-order valence-electron chi connectivity index (χ2n) is 6.47. The van der Waals surface area contributed by atoms with Crippen LogP contribution in [0.2, 0.25) is 0 Å². The van der Waals surface area contributed by atoms with Crippen LogP contribution >= 0.6 is 24.0 Å². The first-order chi connectivity index (χ1) is 11.6. The largest absolute Gasteiger partial charge is 0.496 e. The smallest absolute Gasteiger partial charge is 0.193 e. The molecule has 0 aliphatic carbocycles. The van der Waals surface area contributed by atoms with Crippen LogP contribution < -0.4 is 10.1 Å². The molecule has 0 spiro atoms. The molecule has 142 valence electrons. The van der Waals surface area contributed by atoms with Crippen molar-refractivity contribution in [2.45, 2.75) is 32.7 Å². The van der Waals surface area contributed by atoms with Crippen LogP contribution in [0.3, 0.4) is 0 Å². The highest BCUT2D eigenvalue weighted by Gasteiger charge is 2.15. The maximum atomic E-state index is 5.43. The number of halogens is 1. The molecular weight excluding hydrogens is 429 g/mol. The zero-order valence-corrected chi connectivity index (χ0v) is 18.2. The number of aryl methyl sites for hydroxylation is 1. The van der Waals surface area contributed by atoms with Crippen molar-refractivity contribution in [3.8, 4) is 5.75 Å². The lowest BCUT2D eigenvalue weighted by Gasteiger charge is -2.27. The molecule has 0 bridgehead atoms. The molecule has 1 aliphatic heterocycles. The zero-order valence-electron chi connectivity index (χ0n) is 15.9. The van der Waals surface area contributed by atoms with E-state index in [1.807, 2.05) is 7.05 Å². The molecule has 0 unspecified atom stereocenters. The van der Waals surface area contributed by atoms with E-state index in [-0.39, 0.29) is 24.0 Å². The molecule has 0 radical (unpaired) electrons. The lowest BCUT2D eigenvalue weighted by molar-refractivity contribution is 0.0625. The van der Waals surface area contributed by atoms with Crippen molar-refractivity contribution in [1.82, 2.24) is 10.2 Å². The SMILES string of the molecule is CN=C(NCc1ccc(C)c(OC)c1)N(C)CCC1CCOCC1.I. The average molecular weight is 461 g/mol. The monoisotopic (exact) mass is 461 g/mol. The van der Waals surface area contributed by atoms with Crippen LogP contribution in [0.25, 0.3) is 0 Å². The number of ether oxygens (including phenoxy) is 2. The Bertz CT molecular complexity index is 545. The topological polar surface area (TPSA) is 46.1 Å². The second-order valence-corrected chi connectivity index (χ2v) is 6.47. The normalized spacial score (nSPS) is 15.4. The van der Waals surface area contributed by atoms with E-state index in [1.54, 1.807) is 7.11 Å². The van der Waals surface area contributed by atoms with Crippen LogP contribution in [-0.4, -0.2) is 51.8 Å². The van der Waals surface area contributed by atoms with Gasteiger partial charge in [-0.1, -0.05) is 12.1 Å². The van der Waals surface area contributed by atoms with Crippen molar-refractivity contribution in [2.75, 3.05) is 41.0 Å². The Morgan fingerprint density at radius 2 is 2.08 bits per heavy atom. The Labute approximate surface area is 169 Å². The van der Waals surface area contributed by atoms with Crippen molar-refractivity contribution in [3.05, 3.63) is 29.3 Å². The van der Waals surface area contributed by atoms with Crippen molar-refractivity contribution < 1.29 is 9.47 Å². The number of rotatable bonds is 6. The first-order valence-electron chi connectivity index (χ1n) is 8.77. The Kier molecular flexibility index (Phi) is 10.2. The lowest BCUT2D eigenvalue weighted by Crippen LogP contribution is -2.39. The van der Waals surface area contributed by atoms with E-state index >= 15 is 0 Å². The van der Waals surface area contributed by atoms with Crippen molar-refractivity contribution in [3.63, 3.8) is 0 Å². The van der Waals surface area contributed by atoms with Crippen molar-refractivity contribution in [1.29, 1.82) is 0 Å². The number of hydrogen-bond acceptors (Lipinski definition) is 3. The molecule has 1 fully saturated rings. The van der Waals surface area contributed by atoms with Crippen LogP contribution in [-0.2, 0) is 11.3 Å². The molecule has 25 heavy (non-hydrogen) atoms. The fourth-order valence-electron chi connectivity index (χ4n) is 3.06. The second kappa shape index (κ2) is 11.6. The summed E-state index contributed by atoms with van der Waals surface area (Å²) >= 11 is 0. The number of hydrogen-bond donors (Lipinski definition) is 1. The molecule has 0 aromatic heterocycles. The summed E-state index contributed by atoms with van der Waals surface area (Å²) in [6, 6.07) is 6.30. The Hall–Kier alpha value is -1.02. The van der Waals surface area contributed by atoms with E-state index in [9.17, 15) is 0 Å². The molecule has 1 aliphatic rings. The lowest BCUT2D eigenvalue weighted by atomic mass is 9.96. The number of nitrogens with zero attached hydrogens (tertiary/aromatic N) is 2. The van der Waals surface area contributed by atoms with Gasteiger partial charge in [0, 0.05) is 40.4 Å². The molecule has 1 N–H and O–H groups in total. The number of nitrogens with one attached hydrogen (secondary N) is 1. The maximum absolute atomic E-state index is 5.43. The van der Waals surface area contributed by atoms with Gasteiger partial charge in [-0.25, -0.2) is 0 Å². The molecule has 5 nitrogen and oxygen atoms in total. The van der Waals surface area contributed by atoms with Crippen molar-refractivity contribution >= 4 is 29.9 Å². The van der Waals surface area contributed by atoms with E-state index in [0.717, 1.165) is 49.5 Å². The molecular formula is C19H32IN3O2. The molecule has 1 aromatic rings. The molecule has 0 atom stereocenters. The van der Waals surface area contributed by atoms with Gasteiger partial charge in [-0.2, -0.15) is 0 Å². The van der Waals surface area contributed by atoms with Crippen LogP contribution in [0.5, 0.6) is 5.75 Å². The molecule has 0 saturated carbocycles. The van der Waals surface area contributed by atoms with Gasteiger partial charge < -0.3 is 19.7 Å². The highest BCUT2D eigenvalue weighted by atomic mass is 127. The van der Waals surface area contributed by atoms with Crippen LogP contribution in [0, 0.1) is 12.8 Å². The highest BCUT2D eigenvalue weighted by molar-refractivity contribution is 14.0. The Morgan fingerprint density at radius 1 is 1.36 bits per heavy atom. The Morgan fingerprint density at radius 3 is 2.72 bits per heavy atom. The minimum Gasteiger partial charge on any atom is -0.496 e. The highest BCUT2D eigenvalue weighted by Crippen LogP contribution is 2.19. The average Bonchev–Trinajstić information content (AvgIpc) is 2.62. The zero-order chi connectivity index (χ0) is 17.4. The predicted octanol–water partition coefficient (Wildman–Crippen LogP) is 3.45. The first-order valence-corrected chi connectivity index (χ1v) is 8.77. The minimum atomic E-state index is 0. The number of guanidine groups is 1. The third-order valence-corrected chi connectivity index (χ3v) is 4.71. The van der Waals surface area contributed by atoms with Gasteiger partial charge in [-0.3, -0.25) is 4.99 Å². The summed E-state index contributed by atoms with van der Waals surface area (Å²) in [4.78, 5) is 6.61. The van der Waals surface area contributed by atoms with Gasteiger partial charge in [0.2, 0.25) is 0 Å². The molecule has 1 heterocycles. The molecule has 1 saturated heterocycles. The first kappa shape index (κ1) is 22.0. The minimum absolute atomic E-state index is 0. The summed E-state index contributed by atoms with van der Waals surface area (Å²) in [5, 5.41) is 3.44. The van der Waals surface area contributed by atoms with Gasteiger partial charge >= 0.3 is 0 Å². The third kappa shape index (κ3) is 7.01. The fourth-order valence-corrected chi connectivity index (χ4v) is 3.06. The van der Waals surface area contributed by atoms with E-state index in [1.165, 1.54) is 24.8 Å². The van der Waals surface area contributed by atoms with Crippen LogP contribution in [0.15, 0.2) is 23.2 Å². The molecule has 6 heteroatoms. The number of aliphatic imine (C=N–C) groups is 1. The van der Waals surface area contributed by atoms with Gasteiger partial charge in [0.05, 0.1) is 7.11 Å². The van der Waals surface area contributed by atoms with Gasteiger partial charge in [0.1, 0.15) is 5.75 Å². The van der Waals surface area contributed by atoms with Gasteiger partial charge in [-0.05, 0) is 49.3 Å².